The Kier molecular flexibility index (Phi) is 6.95. The van der Waals surface area contributed by atoms with Gasteiger partial charge in [-0.1, -0.05) is 70.8 Å². The molecule has 0 radical (unpaired) electrons. The van der Waals surface area contributed by atoms with Gasteiger partial charge in [0.1, 0.15) is 11.6 Å². The summed E-state index contributed by atoms with van der Waals surface area (Å²) < 4.78 is 0. The van der Waals surface area contributed by atoms with Crippen molar-refractivity contribution in [2.45, 2.75) is 34.1 Å². The molecule has 0 heterocycles. The largest absolute Gasteiger partial charge is 0.321 e. The van der Waals surface area contributed by atoms with Gasteiger partial charge < -0.3 is 5.32 Å². The molecule has 0 saturated carbocycles. The van der Waals surface area contributed by atoms with E-state index >= 15 is 0 Å². The second-order valence-corrected chi connectivity index (χ2v) is 8.37. The van der Waals surface area contributed by atoms with Crippen LogP contribution < -0.4 is 5.32 Å². The number of nitriles is 1. The summed E-state index contributed by atoms with van der Waals surface area (Å²) in [6.45, 7) is 8.08. The maximum absolute atomic E-state index is 12.6. The highest BCUT2D eigenvalue weighted by atomic mass is 35.5. The zero-order valence-electron chi connectivity index (χ0n) is 18.2. The molecule has 3 aromatic rings. The lowest BCUT2D eigenvalue weighted by atomic mass is 9.99. The summed E-state index contributed by atoms with van der Waals surface area (Å²) in [5, 5.41) is 12.9. The average molecular weight is 429 g/mol. The molecular weight excluding hydrogens is 404 g/mol. The summed E-state index contributed by atoms with van der Waals surface area (Å²) in [5.41, 5.74) is 8.14. The van der Waals surface area contributed by atoms with E-state index in [1.807, 2.05) is 50.2 Å². The molecule has 3 aromatic carbocycles. The lowest BCUT2D eigenvalue weighted by molar-refractivity contribution is -0.112. The number of carbonyl (C=O) groups excluding carboxylic acids is 1. The first-order chi connectivity index (χ1) is 14.7. The first kappa shape index (κ1) is 22.3. The molecule has 0 unspecified atom stereocenters. The molecule has 0 atom stereocenters. The molecule has 0 fully saturated rings. The topological polar surface area (TPSA) is 52.9 Å². The van der Waals surface area contributed by atoms with Crippen LogP contribution in [0.3, 0.4) is 0 Å². The van der Waals surface area contributed by atoms with E-state index in [1.54, 1.807) is 12.1 Å². The van der Waals surface area contributed by atoms with E-state index in [0.29, 0.717) is 16.3 Å². The van der Waals surface area contributed by atoms with Crippen molar-refractivity contribution in [2.75, 3.05) is 5.32 Å². The summed E-state index contributed by atoms with van der Waals surface area (Å²) >= 11 is 6.52. The zero-order chi connectivity index (χ0) is 22.5. The van der Waals surface area contributed by atoms with Gasteiger partial charge in [-0.15, -0.1) is 0 Å². The number of halogens is 1. The third kappa shape index (κ3) is 5.84. The molecule has 0 spiro atoms. The number of hydrogen-bond donors (Lipinski definition) is 1. The van der Waals surface area contributed by atoms with E-state index in [1.165, 1.54) is 16.7 Å². The maximum Gasteiger partial charge on any atom is 0.266 e. The van der Waals surface area contributed by atoms with Crippen LogP contribution in [0.4, 0.5) is 5.69 Å². The van der Waals surface area contributed by atoms with Crippen molar-refractivity contribution in [3.8, 4) is 6.07 Å². The van der Waals surface area contributed by atoms with Crippen LogP contribution in [-0.2, 0) is 11.2 Å². The molecule has 1 N–H and O–H groups in total. The van der Waals surface area contributed by atoms with E-state index in [-0.39, 0.29) is 5.57 Å². The smallest absolute Gasteiger partial charge is 0.266 e. The van der Waals surface area contributed by atoms with Crippen molar-refractivity contribution in [1.29, 1.82) is 5.26 Å². The number of benzene rings is 3. The molecule has 0 aliphatic heterocycles. The molecule has 0 bridgehead atoms. The van der Waals surface area contributed by atoms with Crippen LogP contribution in [0.15, 0.2) is 60.2 Å². The summed E-state index contributed by atoms with van der Waals surface area (Å²) in [5.74, 6) is -0.440. The molecule has 4 heteroatoms. The molecule has 1 amide bonds. The molecular formula is C27H25ClN2O. The van der Waals surface area contributed by atoms with Gasteiger partial charge in [0.2, 0.25) is 0 Å². The zero-order valence-corrected chi connectivity index (χ0v) is 19.0. The number of hydrogen-bond acceptors (Lipinski definition) is 2. The molecule has 3 rings (SSSR count). The van der Waals surface area contributed by atoms with E-state index in [4.69, 9.17) is 11.6 Å². The van der Waals surface area contributed by atoms with Crippen molar-refractivity contribution >= 4 is 29.3 Å². The van der Waals surface area contributed by atoms with E-state index in [9.17, 15) is 10.1 Å². The van der Waals surface area contributed by atoms with Crippen LogP contribution in [0.5, 0.6) is 0 Å². The summed E-state index contributed by atoms with van der Waals surface area (Å²) in [6.07, 6.45) is 2.29. The number of amides is 1. The van der Waals surface area contributed by atoms with Crippen molar-refractivity contribution in [3.05, 3.63) is 104 Å². The molecule has 3 nitrogen and oxygen atoms in total. The van der Waals surface area contributed by atoms with Gasteiger partial charge in [0.25, 0.3) is 5.91 Å². The van der Waals surface area contributed by atoms with E-state index in [0.717, 1.165) is 23.1 Å². The Labute approximate surface area is 189 Å². The number of rotatable bonds is 5. The molecule has 0 aromatic heterocycles. The maximum atomic E-state index is 12.6. The van der Waals surface area contributed by atoms with Crippen molar-refractivity contribution in [3.63, 3.8) is 0 Å². The summed E-state index contributed by atoms with van der Waals surface area (Å²) in [6, 6.07) is 19.8. The first-order valence-corrected chi connectivity index (χ1v) is 10.5. The standard InChI is InChI=1S/C27H25ClN2O/c1-17-5-8-26(20(4)10-17)30-27(31)24(16-29)13-21-6-7-23(25(28)15-21)14-22-11-18(2)9-19(3)12-22/h5-13,15H,14H2,1-4H3,(H,30,31)/b24-13+. The van der Waals surface area contributed by atoms with Gasteiger partial charge in [-0.25, -0.2) is 0 Å². The summed E-state index contributed by atoms with van der Waals surface area (Å²) in [7, 11) is 0. The van der Waals surface area contributed by atoms with Gasteiger partial charge in [0, 0.05) is 10.7 Å². The lowest BCUT2D eigenvalue weighted by Crippen LogP contribution is -2.14. The van der Waals surface area contributed by atoms with Crippen LogP contribution in [-0.4, -0.2) is 5.91 Å². The number of nitrogens with zero attached hydrogens (tertiary/aromatic N) is 1. The molecule has 0 aliphatic carbocycles. The van der Waals surface area contributed by atoms with Crippen molar-refractivity contribution < 1.29 is 4.79 Å². The second kappa shape index (κ2) is 9.64. The predicted molar refractivity (Wildman–Crippen MR) is 128 cm³/mol. The minimum atomic E-state index is -0.440. The minimum Gasteiger partial charge on any atom is -0.321 e. The van der Waals surface area contributed by atoms with Crippen LogP contribution in [0.2, 0.25) is 5.02 Å². The van der Waals surface area contributed by atoms with Crippen molar-refractivity contribution in [2.24, 2.45) is 0 Å². The molecule has 0 saturated heterocycles. The SMILES string of the molecule is Cc1cc(C)cc(Cc2ccc(/C=C(\C#N)C(=O)Nc3ccc(C)cc3C)cc2Cl)c1. The molecule has 31 heavy (non-hydrogen) atoms. The Morgan fingerprint density at radius 2 is 1.68 bits per heavy atom. The van der Waals surface area contributed by atoms with Crippen LogP contribution in [0, 0.1) is 39.0 Å². The predicted octanol–water partition coefficient (Wildman–Crippen LogP) is 6.71. The third-order valence-corrected chi connectivity index (χ3v) is 5.41. The fourth-order valence-corrected chi connectivity index (χ4v) is 3.90. The average Bonchev–Trinajstić information content (AvgIpc) is 2.69. The Morgan fingerprint density at radius 3 is 2.29 bits per heavy atom. The minimum absolute atomic E-state index is 0.0260. The Bertz CT molecular complexity index is 1200. The fourth-order valence-electron chi connectivity index (χ4n) is 3.65. The van der Waals surface area contributed by atoms with Gasteiger partial charge in [-0.3, -0.25) is 4.79 Å². The molecule has 156 valence electrons. The van der Waals surface area contributed by atoms with E-state index < -0.39 is 5.91 Å². The van der Waals surface area contributed by atoms with Crippen molar-refractivity contribution in [1.82, 2.24) is 0 Å². The normalized spacial score (nSPS) is 11.2. The van der Waals surface area contributed by atoms with Crippen LogP contribution >= 0.6 is 11.6 Å². The first-order valence-electron chi connectivity index (χ1n) is 10.1. The molecule has 0 aliphatic rings. The quantitative estimate of drug-likeness (QED) is 0.362. The number of carbonyl (C=O) groups is 1. The lowest BCUT2D eigenvalue weighted by Gasteiger charge is -2.09. The second-order valence-electron chi connectivity index (χ2n) is 7.97. The van der Waals surface area contributed by atoms with Gasteiger partial charge in [-0.2, -0.15) is 5.26 Å². The van der Waals surface area contributed by atoms with Gasteiger partial charge in [0.05, 0.1) is 0 Å². The Hall–Kier alpha value is -3.35. The Balaban J connectivity index is 1.80. The van der Waals surface area contributed by atoms with Gasteiger partial charge in [-0.05, 0) is 74.6 Å². The van der Waals surface area contributed by atoms with E-state index in [2.05, 4.69) is 37.4 Å². The monoisotopic (exact) mass is 428 g/mol. The number of anilines is 1. The summed E-state index contributed by atoms with van der Waals surface area (Å²) in [4.78, 5) is 12.6. The number of nitrogens with one attached hydrogen (secondary N) is 1. The highest BCUT2D eigenvalue weighted by Crippen LogP contribution is 2.24. The number of aryl methyl sites for hydroxylation is 4. The third-order valence-electron chi connectivity index (χ3n) is 5.06. The fraction of sp³-hybridized carbons (Fsp3) is 0.185. The van der Waals surface area contributed by atoms with Crippen LogP contribution in [0.25, 0.3) is 6.08 Å². The van der Waals surface area contributed by atoms with Crippen LogP contribution in [0.1, 0.15) is 38.9 Å². The highest BCUT2D eigenvalue weighted by molar-refractivity contribution is 6.31. The Morgan fingerprint density at radius 1 is 0.968 bits per heavy atom. The highest BCUT2D eigenvalue weighted by Gasteiger charge is 2.12. The van der Waals surface area contributed by atoms with Gasteiger partial charge >= 0.3 is 0 Å². The van der Waals surface area contributed by atoms with Gasteiger partial charge in [0.15, 0.2) is 0 Å².